The normalized spacial score (nSPS) is 22.4. The van der Waals surface area contributed by atoms with Crippen LogP contribution in [0.4, 0.5) is 15.9 Å². The quantitative estimate of drug-likeness (QED) is 0.481. The molecule has 1 aliphatic heterocycles. The van der Waals surface area contributed by atoms with Crippen LogP contribution in [0.2, 0.25) is 0 Å². The van der Waals surface area contributed by atoms with E-state index in [-0.39, 0.29) is 17.9 Å². The summed E-state index contributed by atoms with van der Waals surface area (Å²) in [6.45, 7) is 2.84. The Kier molecular flexibility index (Phi) is 4.69. The Bertz CT molecular complexity index is 1230. The number of nitrogens with one attached hydrogen (secondary N) is 1. The topological polar surface area (TPSA) is 102 Å². The van der Waals surface area contributed by atoms with E-state index in [1.54, 1.807) is 25.5 Å². The van der Waals surface area contributed by atoms with Crippen LogP contribution in [0.15, 0.2) is 24.5 Å². The van der Waals surface area contributed by atoms with Gasteiger partial charge in [-0.25, -0.2) is 14.4 Å². The van der Waals surface area contributed by atoms with Crippen LogP contribution in [0.25, 0.3) is 11.1 Å². The SMILES string of the molecule is CCc1ncc(Oc2nc3c(c(N4C[C@H]5CC4C[C@H]5N)n2)-c2cc(F)cc(NC)c2C3)cn1. The van der Waals surface area contributed by atoms with Crippen LogP contribution >= 0.6 is 0 Å². The van der Waals surface area contributed by atoms with E-state index in [2.05, 4.69) is 20.2 Å². The van der Waals surface area contributed by atoms with Crippen molar-refractivity contribution in [1.82, 2.24) is 19.9 Å². The molecule has 1 aromatic carbocycles. The first-order valence-corrected chi connectivity index (χ1v) is 11.5. The van der Waals surface area contributed by atoms with Crippen molar-refractivity contribution in [2.45, 2.75) is 44.7 Å². The summed E-state index contributed by atoms with van der Waals surface area (Å²) in [5.41, 5.74) is 10.7. The Hall–Kier alpha value is -3.33. The van der Waals surface area contributed by atoms with Gasteiger partial charge in [-0.15, -0.1) is 0 Å². The number of aromatic nitrogens is 4. The Morgan fingerprint density at radius 2 is 2.03 bits per heavy atom. The van der Waals surface area contributed by atoms with E-state index in [1.165, 1.54) is 6.07 Å². The number of nitrogens with two attached hydrogens (primary N) is 1. The maximum absolute atomic E-state index is 14.5. The van der Waals surface area contributed by atoms with Crippen molar-refractivity contribution in [3.05, 3.63) is 47.4 Å². The van der Waals surface area contributed by atoms with Crippen LogP contribution in [0, 0.1) is 11.7 Å². The minimum Gasteiger partial charge on any atom is -0.421 e. The molecule has 2 aromatic heterocycles. The van der Waals surface area contributed by atoms with Crippen LogP contribution in [0.1, 0.15) is 36.8 Å². The number of rotatable bonds is 5. The summed E-state index contributed by atoms with van der Waals surface area (Å²) in [7, 11) is 1.81. The first-order chi connectivity index (χ1) is 16.0. The number of hydrogen-bond acceptors (Lipinski definition) is 8. The van der Waals surface area contributed by atoms with Gasteiger partial charge in [0.05, 0.1) is 18.1 Å². The average molecular weight is 448 g/mol. The smallest absolute Gasteiger partial charge is 0.324 e. The van der Waals surface area contributed by atoms with Crippen molar-refractivity contribution in [2.24, 2.45) is 11.7 Å². The van der Waals surface area contributed by atoms with Gasteiger partial charge in [-0.1, -0.05) is 6.92 Å². The number of piperidine rings is 1. The van der Waals surface area contributed by atoms with Crippen LogP contribution in [-0.2, 0) is 12.8 Å². The standard InChI is InChI=1S/C24H26FN7O/c1-3-21-28-9-15(10-29-21)33-24-30-20-8-16-17(5-13(25)6-19(16)27-2)22(20)23(31-24)32-11-12-4-14(32)7-18(12)26/h5-6,9-10,12,14,18,27H,3-4,7-8,11,26H2,1-2H3/t12-,14?,18-/m1/s1. The number of aryl methyl sites for hydroxylation is 1. The third kappa shape index (κ3) is 3.30. The summed E-state index contributed by atoms with van der Waals surface area (Å²) < 4.78 is 20.5. The van der Waals surface area contributed by atoms with E-state index in [0.717, 1.165) is 65.5 Å². The fourth-order valence-electron chi connectivity index (χ4n) is 5.51. The highest BCUT2D eigenvalue weighted by Crippen LogP contribution is 2.48. The molecule has 0 spiro atoms. The second-order valence-electron chi connectivity index (χ2n) is 9.05. The third-order valence-corrected chi connectivity index (χ3v) is 7.12. The molecule has 9 heteroatoms. The Balaban J connectivity index is 1.45. The predicted octanol–water partition coefficient (Wildman–Crippen LogP) is 3.30. The number of halogens is 1. The lowest BCUT2D eigenvalue weighted by molar-refractivity contribution is 0.432. The third-order valence-electron chi connectivity index (χ3n) is 7.12. The first kappa shape index (κ1) is 20.3. The second kappa shape index (κ2) is 7.62. The van der Waals surface area contributed by atoms with Gasteiger partial charge in [0.15, 0.2) is 5.75 Å². The number of fused-ring (bicyclic) bond motifs is 5. The largest absolute Gasteiger partial charge is 0.421 e. The molecular weight excluding hydrogens is 421 g/mol. The van der Waals surface area contributed by atoms with Crippen molar-refractivity contribution < 1.29 is 9.13 Å². The highest BCUT2D eigenvalue weighted by molar-refractivity contribution is 5.88. The summed E-state index contributed by atoms with van der Waals surface area (Å²) >= 11 is 0. The molecule has 8 nitrogen and oxygen atoms in total. The highest BCUT2D eigenvalue weighted by atomic mass is 19.1. The Labute approximate surface area is 191 Å². The molecule has 3 heterocycles. The molecule has 2 aliphatic carbocycles. The summed E-state index contributed by atoms with van der Waals surface area (Å²) in [4.78, 5) is 20.5. The van der Waals surface area contributed by atoms with E-state index in [4.69, 9.17) is 20.4 Å². The molecule has 1 saturated heterocycles. The lowest BCUT2D eigenvalue weighted by Gasteiger charge is -2.32. The van der Waals surface area contributed by atoms with Gasteiger partial charge in [0, 0.05) is 49.8 Å². The van der Waals surface area contributed by atoms with Crippen LogP contribution < -0.4 is 20.7 Å². The molecule has 1 saturated carbocycles. The molecule has 3 aromatic rings. The fraction of sp³-hybridized carbons (Fsp3) is 0.417. The molecule has 3 N–H and O–H groups in total. The van der Waals surface area contributed by atoms with Crippen molar-refractivity contribution >= 4 is 11.5 Å². The highest BCUT2D eigenvalue weighted by Gasteiger charge is 2.45. The lowest BCUT2D eigenvalue weighted by Crippen LogP contribution is -2.41. The van der Waals surface area contributed by atoms with Crippen molar-refractivity contribution in [3.63, 3.8) is 0 Å². The minimum atomic E-state index is -0.282. The predicted molar refractivity (Wildman–Crippen MR) is 123 cm³/mol. The molecular formula is C24H26FN7O. The zero-order valence-electron chi connectivity index (χ0n) is 18.7. The van der Waals surface area contributed by atoms with Crippen LogP contribution in [-0.4, -0.2) is 45.6 Å². The van der Waals surface area contributed by atoms with Gasteiger partial charge in [-0.3, -0.25) is 0 Å². The number of ether oxygens (including phenoxy) is 1. The zero-order chi connectivity index (χ0) is 22.7. The van der Waals surface area contributed by atoms with E-state index in [1.807, 2.05) is 6.92 Å². The minimum absolute atomic E-state index is 0.228. The van der Waals surface area contributed by atoms with Crippen LogP contribution in [0.3, 0.4) is 0 Å². The van der Waals surface area contributed by atoms with Crippen molar-refractivity contribution in [3.8, 4) is 22.9 Å². The molecule has 6 rings (SSSR count). The van der Waals surface area contributed by atoms with Gasteiger partial charge < -0.3 is 20.7 Å². The molecule has 0 radical (unpaired) electrons. The number of anilines is 2. The number of hydrogen-bond donors (Lipinski definition) is 2. The van der Waals surface area contributed by atoms with E-state index < -0.39 is 0 Å². The summed E-state index contributed by atoms with van der Waals surface area (Å²) in [6, 6.07) is 3.92. The first-order valence-electron chi connectivity index (χ1n) is 11.5. The molecule has 3 atom stereocenters. The summed E-state index contributed by atoms with van der Waals surface area (Å²) in [5, 5.41) is 3.12. The van der Waals surface area contributed by atoms with Gasteiger partial charge in [0.2, 0.25) is 0 Å². The fourth-order valence-corrected chi connectivity index (χ4v) is 5.51. The van der Waals surface area contributed by atoms with Gasteiger partial charge >= 0.3 is 6.01 Å². The lowest BCUT2D eigenvalue weighted by atomic mass is 10.0. The molecule has 33 heavy (non-hydrogen) atoms. The van der Waals surface area contributed by atoms with E-state index >= 15 is 0 Å². The Morgan fingerprint density at radius 3 is 2.70 bits per heavy atom. The number of nitrogens with zero attached hydrogens (tertiary/aromatic N) is 5. The molecule has 170 valence electrons. The van der Waals surface area contributed by atoms with Gasteiger partial charge in [-0.2, -0.15) is 9.97 Å². The van der Waals surface area contributed by atoms with Gasteiger partial charge in [0.1, 0.15) is 17.5 Å². The monoisotopic (exact) mass is 447 g/mol. The second-order valence-corrected chi connectivity index (χ2v) is 9.05. The molecule has 0 amide bonds. The molecule has 1 unspecified atom stereocenters. The number of benzene rings is 1. The maximum Gasteiger partial charge on any atom is 0.324 e. The summed E-state index contributed by atoms with van der Waals surface area (Å²) in [6.07, 6.45) is 6.61. The van der Waals surface area contributed by atoms with Crippen LogP contribution in [0.5, 0.6) is 11.8 Å². The molecule has 2 fully saturated rings. The van der Waals surface area contributed by atoms with Crippen molar-refractivity contribution in [2.75, 3.05) is 23.8 Å². The van der Waals surface area contributed by atoms with E-state index in [9.17, 15) is 4.39 Å². The maximum atomic E-state index is 14.5. The zero-order valence-corrected chi connectivity index (χ0v) is 18.7. The summed E-state index contributed by atoms with van der Waals surface area (Å²) in [5.74, 6) is 2.20. The molecule has 2 bridgehead atoms. The van der Waals surface area contributed by atoms with E-state index in [0.29, 0.717) is 24.1 Å². The van der Waals surface area contributed by atoms with Gasteiger partial charge in [-0.05, 0) is 42.0 Å². The Morgan fingerprint density at radius 1 is 1.21 bits per heavy atom. The molecule has 3 aliphatic rings. The average Bonchev–Trinajstić information content (AvgIpc) is 3.50. The van der Waals surface area contributed by atoms with Crippen molar-refractivity contribution in [1.29, 1.82) is 0 Å². The van der Waals surface area contributed by atoms with Gasteiger partial charge in [0.25, 0.3) is 0 Å².